The van der Waals surface area contributed by atoms with Gasteiger partial charge >= 0.3 is 0 Å². The summed E-state index contributed by atoms with van der Waals surface area (Å²) >= 11 is 1.55. The molecule has 0 spiro atoms. The highest BCUT2D eigenvalue weighted by atomic mass is 32.1. The van der Waals surface area contributed by atoms with Gasteiger partial charge in [-0.05, 0) is 6.42 Å². The van der Waals surface area contributed by atoms with E-state index in [2.05, 4.69) is 20.6 Å². The zero-order valence-electron chi connectivity index (χ0n) is 12.0. The second-order valence-electron chi connectivity index (χ2n) is 4.73. The molecule has 1 atom stereocenters. The van der Waals surface area contributed by atoms with Crippen molar-refractivity contribution in [3.8, 4) is 0 Å². The summed E-state index contributed by atoms with van der Waals surface area (Å²) in [4.78, 5) is 8.19. The zero-order valence-corrected chi connectivity index (χ0v) is 12.8. The molecule has 2 aromatic heterocycles. The molecular formula is C14H18F2N4S. The smallest absolute Gasteiger partial charge is 0.168 e. The lowest BCUT2D eigenvalue weighted by atomic mass is 10.2. The molecule has 0 radical (unpaired) electrons. The Bertz CT molecular complexity index is 575. The molecule has 2 aromatic rings. The highest BCUT2D eigenvalue weighted by Gasteiger charge is 2.13. The van der Waals surface area contributed by atoms with Crippen LogP contribution in [-0.4, -0.2) is 23.1 Å². The second kappa shape index (κ2) is 7.31. The third-order valence-electron chi connectivity index (χ3n) is 2.92. The van der Waals surface area contributed by atoms with Gasteiger partial charge in [-0.2, -0.15) is 0 Å². The van der Waals surface area contributed by atoms with Crippen LogP contribution in [0.1, 0.15) is 31.2 Å². The van der Waals surface area contributed by atoms with Crippen LogP contribution in [0.25, 0.3) is 0 Å². The van der Waals surface area contributed by atoms with E-state index in [9.17, 15) is 8.78 Å². The highest BCUT2D eigenvalue weighted by Crippen LogP contribution is 2.22. The maximum absolute atomic E-state index is 13.7. The van der Waals surface area contributed by atoms with Gasteiger partial charge in [-0.15, -0.1) is 11.3 Å². The number of hydrogen-bond donors (Lipinski definition) is 2. The third-order valence-corrected chi connectivity index (χ3v) is 3.93. The normalized spacial score (nSPS) is 12.2. The fraction of sp³-hybridized carbons (Fsp3) is 0.429. The molecule has 0 bridgehead atoms. The van der Waals surface area contributed by atoms with Crippen molar-refractivity contribution in [1.82, 2.24) is 9.97 Å². The van der Waals surface area contributed by atoms with Gasteiger partial charge in [0.25, 0.3) is 0 Å². The average molecular weight is 312 g/mol. The maximum atomic E-state index is 13.7. The number of aromatic nitrogens is 2. The number of halogens is 2. The van der Waals surface area contributed by atoms with Crippen LogP contribution < -0.4 is 10.6 Å². The molecule has 0 aliphatic heterocycles. The Morgan fingerprint density at radius 3 is 2.57 bits per heavy atom. The molecule has 0 aliphatic rings. The number of thiazole rings is 1. The van der Waals surface area contributed by atoms with Gasteiger partial charge < -0.3 is 10.6 Å². The second-order valence-corrected chi connectivity index (χ2v) is 5.65. The van der Waals surface area contributed by atoms with E-state index >= 15 is 0 Å². The van der Waals surface area contributed by atoms with Gasteiger partial charge in [0.2, 0.25) is 0 Å². The lowest BCUT2D eigenvalue weighted by Gasteiger charge is -2.13. The Balaban J connectivity index is 2.05. The molecule has 0 aromatic carbocycles. The van der Waals surface area contributed by atoms with Gasteiger partial charge in [-0.1, -0.05) is 13.8 Å². The Hall–Kier alpha value is -1.76. The van der Waals surface area contributed by atoms with E-state index in [1.807, 2.05) is 19.2 Å². The number of hydrogen-bond acceptors (Lipinski definition) is 5. The molecular weight excluding hydrogens is 294 g/mol. The van der Waals surface area contributed by atoms with E-state index in [-0.39, 0.29) is 17.6 Å². The summed E-state index contributed by atoms with van der Waals surface area (Å²) in [6.45, 7) is 5.02. The van der Waals surface area contributed by atoms with Crippen molar-refractivity contribution in [3.05, 3.63) is 34.3 Å². The van der Waals surface area contributed by atoms with Crippen LogP contribution in [0.15, 0.2) is 17.6 Å². The maximum Gasteiger partial charge on any atom is 0.168 e. The van der Waals surface area contributed by atoms with Crippen molar-refractivity contribution >= 4 is 23.0 Å². The summed E-state index contributed by atoms with van der Waals surface area (Å²) in [6, 6.07) is 0.849. The monoisotopic (exact) mass is 312 g/mol. The number of rotatable bonds is 7. The molecule has 0 saturated heterocycles. The van der Waals surface area contributed by atoms with Crippen molar-refractivity contribution < 1.29 is 8.78 Å². The van der Waals surface area contributed by atoms with Crippen LogP contribution in [0.2, 0.25) is 0 Å². The first-order chi connectivity index (χ1) is 10.1. The minimum Gasteiger partial charge on any atom is -0.368 e. The van der Waals surface area contributed by atoms with E-state index in [1.165, 1.54) is 0 Å². The Morgan fingerprint density at radius 1 is 1.24 bits per heavy atom. The van der Waals surface area contributed by atoms with E-state index in [0.717, 1.165) is 17.5 Å². The van der Waals surface area contributed by atoms with E-state index in [4.69, 9.17) is 0 Å². The minimum absolute atomic E-state index is 0.0541. The fourth-order valence-corrected chi connectivity index (χ4v) is 2.47. The molecule has 4 nitrogen and oxygen atoms in total. The fourth-order valence-electron chi connectivity index (χ4n) is 1.77. The summed E-state index contributed by atoms with van der Waals surface area (Å²) in [5.41, 5.74) is 0. The molecule has 1 unspecified atom stereocenters. The average Bonchev–Trinajstić information content (AvgIpc) is 2.99. The van der Waals surface area contributed by atoms with Crippen LogP contribution in [0.4, 0.5) is 20.4 Å². The van der Waals surface area contributed by atoms with E-state index < -0.39 is 11.6 Å². The van der Waals surface area contributed by atoms with Gasteiger partial charge in [-0.3, -0.25) is 0 Å². The summed E-state index contributed by atoms with van der Waals surface area (Å²) in [7, 11) is 0. The largest absolute Gasteiger partial charge is 0.368 e. The quantitative estimate of drug-likeness (QED) is 0.815. The van der Waals surface area contributed by atoms with Crippen LogP contribution in [0, 0.1) is 11.6 Å². The van der Waals surface area contributed by atoms with E-state index in [1.54, 1.807) is 17.5 Å². The lowest BCUT2D eigenvalue weighted by Crippen LogP contribution is -2.14. The van der Waals surface area contributed by atoms with Crippen LogP contribution >= 0.6 is 11.3 Å². The molecule has 2 N–H and O–H groups in total. The zero-order chi connectivity index (χ0) is 15.2. The number of pyridine rings is 1. The minimum atomic E-state index is -0.694. The predicted octanol–water partition coefficient (Wildman–Crippen LogP) is 3.85. The number of nitrogens with zero attached hydrogens (tertiary/aromatic N) is 2. The van der Waals surface area contributed by atoms with Crippen molar-refractivity contribution in [1.29, 1.82) is 0 Å². The molecule has 7 heteroatoms. The van der Waals surface area contributed by atoms with E-state index in [0.29, 0.717) is 13.1 Å². The van der Waals surface area contributed by atoms with Crippen molar-refractivity contribution in [2.24, 2.45) is 0 Å². The van der Waals surface area contributed by atoms with Crippen molar-refractivity contribution in [3.63, 3.8) is 0 Å². The summed E-state index contributed by atoms with van der Waals surface area (Å²) < 4.78 is 27.3. The van der Waals surface area contributed by atoms with Gasteiger partial charge in [-0.25, -0.2) is 18.7 Å². The number of anilines is 2. The predicted molar refractivity (Wildman–Crippen MR) is 82.0 cm³/mol. The summed E-state index contributed by atoms with van der Waals surface area (Å²) in [5.74, 6) is -1.12. The van der Waals surface area contributed by atoms with Gasteiger partial charge in [0.15, 0.2) is 23.3 Å². The SMILES string of the molecule is CCCNc1nc(NCC(C)c2nccs2)c(F)cc1F. The molecule has 2 rings (SSSR count). The van der Waals surface area contributed by atoms with Crippen LogP contribution in [-0.2, 0) is 0 Å². The topological polar surface area (TPSA) is 49.8 Å². The molecule has 21 heavy (non-hydrogen) atoms. The van der Waals surface area contributed by atoms with Crippen molar-refractivity contribution in [2.45, 2.75) is 26.2 Å². The molecule has 0 saturated carbocycles. The lowest BCUT2D eigenvalue weighted by molar-refractivity contribution is 0.577. The molecule has 0 fully saturated rings. The molecule has 114 valence electrons. The standard InChI is InChI=1S/C14H18F2N4S/c1-3-4-17-12-10(15)7-11(16)13(20-12)19-8-9(2)14-18-5-6-21-14/h5-7,9H,3-4,8H2,1-2H3,(H2,17,19,20). The van der Waals surface area contributed by atoms with Gasteiger partial charge in [0.1, 0.15) is 0 Å². The first-order valence-electron chi connectivity index (χ1n) is 6.85. The van der Waals surface area contributed by atoms with Crippen LogP contribution in [0.3, 0.4) is 0 Å². The molecule has 0 aliphatic carbocycles. The van der Waals surface area contributed by atoms with Gasteiger partial charge in [0.05, 0.1) is 5.01 Å². The van der Waals surface area contributed by atoms with Crippen LogP contribution in [0.5, 0.6) is 0 Å². The Kier molecular flexibility index (Phi) is 5.44. The molecule has 0 amide bonds. The van der Waals surface area contributed by atoms with Crippen molar-refractivity contribution in [2.75, 3.05) is 23.7 Å². The summed E-state index contributed by atoms with van der Waals surface area (Å²) in [6.07, 6.45) is 2.57. The summed E-state index contributed by atoms with van der Waals surface area (Å²) in [5, 5.41) is 8.63. The van der Waals surface area contributed by atoms with Gasteiger partial charge in [0, 0.05) is 36.7 Å². The third kappa shape index (κ3) is 4.10. The Morgan fingerprint density at radius 2 is 1.95 bits per heavy atom. The first kappa shape index (κ1) is 15.6. The molecule has 2 heterocycles. The highest BCUT2D eigenvalue weighted by molar-refractivity contribution is 7.09. The number of nitrogens with one attached hydrogen (secondary N) is 2. The first-order valence-corrected chi connectivity index (χ1v) is 7.73. The Labute approximate surface area is 126 Å².